The highest BCUT2D eigenvalue weighted by Crippen LogP contribution is 2.45. The lowest BCUT2D eigenvalue weighted by molar-refractivity contribution is -0.956. The summed E-state index contributed by atoms with van der Waals surface area (Å²) < 4.78 is 1.34. The summed E-state index contributed by atoms with van der Waals surface area (Å²) in [6, 6.07) is 13.7. The lowest BCUT2D eigenvalue weighted by Gasteiger charge is -2.62. The maximum atomic E-state index is 13.6. The zero-order valence-corrected chi connectivity index (χ0v) is 29.0. The van der Waals surface area contributed by atoms with Crippen molar-refractivity contribution in [3.8, 4) is 0 Å². The van der Waals surface area contributed by atoms with Gasteiger partial charge in [0.15, 0.2) is 5.66 Å². The summed E-state index contributed by atoms with van der Waals surface area (Å²) in [6.07, 6.45) is 2.83. The Morgan fingerprint density at radius 2 is 1.76 bits per heavy atom. The Labute approximate surface area is 282 Å². The fourth-order valence-electron chi connectivity index (χ4n) is 8.30. The molecule has 1 N–H and O–H groups in total. The molecule has 3 atom stereocenters. The number of nitrogens with one attached hydrogen (secondary N) is 1. The van der Waals surface area contributed by atoms with Gasteiger partial charge in [-0.15, -0.1) is 0 Å². The number of quaternary nitrogens is 1. The molecule has 0 spiro atoms. The Balaban J connectivity index is 1.36. The van der Waals surface area contributed by atoms with Crippen molar-refractivity contribution < 1.29 is 24.0 Å². The van der Waals surface area contributed by atoms with Crippen molar-refractivity contribution in [1.29, 1.82) is 0 Å². The largest absolute Gasteiger partial charge is 0.498 e. The summed E-state index contributed by atoms with van der Waals surface area (Å²) in [5.74, 6) is 0. The van der Waals surface area contributed by atoms with Crippen molar-refractivity contribution in [2.24, 2.45) is 0 Å². The Hall–Kier alpha value is -2.35. The first-order valence-electron chi connectivity index (χ1n) is 16.0. The van der Waals surface area contributed by atoms with E-state index in [1.807, 2.05) is 47.4 Å². The van der Waals surface area contributed by atoms with Gasteiger partial charge in [-0.3, -0.25) is 9.38 Å². The zero-order valence-electron chi connectivity index (χ0n) is 25.8. The van der Waals surface area contributed by atoms with Crippen molar-refractivity contribution in [2.45, 2.75) is 62.9 Å². The van der Waals surface area contributed by atoms with Gasteiger partial charge in [-0.1, -0.05) is 24.3 Å². The molecule has 3 saturated heterocycles. The molecule has 2 aromatic rings. The second kappa shape index (κ2) is 13.4. The van der Waals surface area contributed by atoms with Crippen LogP contribution in [0.5, 0.6) is 0 Å². The minimum atomic E-state index is -1.18. The van der Waals surface area contributed by atoms with Crippen LogP contribution in [0.25, 0.3) is 0 Å². The molecule has 45 heavy (non-hydrogen) atoms. The van der Waals surface area contributed by atoms with Gasteiger partial charge >= 0.3 is 6.03 Å². The van der Waals surface area contributed by atoms with Crippen LogP contribution in [0.3, 0.4) is 0 Å². The molecule has 4 aliphatic heterocycles. The van der Waals surface area contributed by atoms with Crippen LogP contribution in [0, 0.1) is 0 Å². The smallest absolute Gasteiger partial charge is 0.322 e. The summed E-state index contributed by atoms with van der Waals surface area (Å²) in [7, 11) is 2.17. The highest BCUT2D eigenvalue weighted by atomic mass is 79.9. The Morgan fingerprint density at radius 3 is 2.44 bits per heavy atom. The normalized spacial score (nSPS) is 28.8. The van der Waals surface area contributed by atoms with Crippen LogP contribution >= 0.6 is 31.9 Å². The predicted molar refractivity (Wildman–Crippen MR) is 177 cm³/mol. The number of nitrogens with zero attached hydrogens (tertiary/aromatic N) is 5. The molecule has 12 heteroatoms. The van der Waals surface area contributed by atoms with Gasteiger partial charge in [-0.2, -0.15) is 0 Å². The number of carboxylic acid groups (broad SMARTS) is 1. The number of piperazine rings is 1. The maximum Gasteiger partial charge on any atom is 0.322 e. The quantitative estimate of drug-likeness (QED) is 0.337. The number of hydrogen-bond donors (Lipinski definition) is 1. The Bertz CT molecular complexity index is 1430. The maximum absolute atomic E-state index is 13.6. The van der Waals surface area contributed by atoms with Crippen LogP contribution in [0.1, 0.15) is 43.2 Å². The summed E-state index contributed by atoms with van der Waals surface area (Å²) >= 11 is 7.12. The molecule has 3 fully saturated rings. The fraction of sp³-hybridized carbons (Fsp3) is 0.545. The summed E-state index contributed by atoms with van der Waals surface area (Å²) in [6.45, 7) is 5.96. The van der Waals surface area contributed by atoms with Gasteiger partial charge in [0, 0.05) is 77.8 Å². The number of carbonyl (C=O) groups excluding carboxylic acids is 3. The number of piperidine rings is 2. The monoisotopic (exact) mass is 744 g/mol. The average Bonchev–Trinajstić information content (AvgIpc) is 3.04. The molecule has 2 unspecified atom stereocenters. The van der Waals surface area contributed by atoms with Gasteiger partial charge in [0.05, 0.1) is 13.0 Å². The van der Waals surface area contributed by atoms with E-state index in [0.717, 1.165) is 71.1 Å². The molecular formula is C33H42Br2N6O4. The number of halogens is 2. The molecule has 242 valence electrons. The number of aldehydes is 1. The van der Waals surface area contributed by atoms with Crippen LogP contribution in [0.15, 0.2) is 51.4 Å². The highest BCUT2D eigenvalue weighted by Gasteiger charge is 2.61. The van der Waals surface area contributed by atoms with Gasteiger partial charge in [0.2, 0.25) is 0 Å². The van der Waals surface area contributed by atoms with Gasteiger partial charge in [0.25, 0.3) is 6.09 Å². The molecule has 0 saturated carbocycles. The molecule has 2 aromatic carbocycles. The van der Waals surface area contributed by atoms with Crippen molar-refractivity contribution in [3.05, 3.63) is 62.5 Å². The van der Waals surface area contributed by atoms with Crippen molar-refractivity contribution in [1.82, 2.24) is 19.6 Å². The third-order valence-corrected chi connectivity index (χ3v) is 12.7. The zero-order chi connectivity index (χ0) is 31.8. The highest BCUT2D eigenvalue weighted by molar-refractivity contribution is 9.13. The van der Waals surface area contributed by atoms with Crippen molar-refractivity contribution >= 4 is 56.0 Å². The van der Waals surface area contributed by atoms with E-state index >= 15 is 0 Å². The van der Waals surface area contributed by atoms with E-state index in [1.165, 1.54) is 0 Å². The lowest BCUT2D eigenvalue weighted by Crippen LogP contribution is -2.81. The number of rotatable bonds is 7. The number of anilines is 1. The molecule has 4 aliphatic rings. The Morgan fingerprint density at radius 1 is 1.02 bits per heavy atom. The topological polar surface area (TPSA) is 99.3 Å². The molecule has 0 radical (unpaired) electrons. The lowest BCUT2D eigenvalue weighted by atomic mass is 9.82. The van der Waals surface area contributed by atoms with Crippen LogP contribution in [0.2, 0.25) is 0 Å². The first-order chi connectivity index (χ1) is 21.7. The van der Waals surface area contributed by atoms with E-state index in [-0.39, 0.29) is 36.1 Å². The number of hydrogen-bond acceptors (Lipinski definition) is 7. The third-order valence-electron chi connectivity index (χ3n) is 10.8. The molecule has 0 aliphatic carbocycles. The molecule has 3 amide bonds. The first kappa shape index (κ1) is 32.6. The number of urea groups is 1. The van der Waals surface area contributed by atoms with Gasteiger partial charge in [-0.05, 0) is 88.6 Å². The number of para-hydroxylation sites is 1. The minimum absolute atomic E-state index is 0.0371. The number of amides is 3. The van der Waals surface area contributed by atoms with E-state index in [2.05, 4.69) is 58.9 Å². The van der Waals surface area contributed by atoms with Crippen LogP contribution in [0.4, 0.5) is 15.3 Å². The van der Waals surface area contributed by atoms with Crippen molar-refractivity contribution in [3.63, 3.8) is 0 Å². The van der Waals surface area contributed by atoms with E-state index in [1.54, 1.807) is 0 Å². The number of benzene rings is 2. The van der Waals surface area contributed by atoms with Crippen LogP contribution in [-0.2, 0) is 17.9 Å². The molecule has 0 aromatic heterocycles. The van der Waals surface area contributed by atoms with E-state index < -0.39 is 11.8 Å². The molecule has 6 rings (SSSR count). The predicted octanol–water partition coefficient (Wildman–Crippen LogP) is 4.08. The number of carbonyl (C=O) groups is 3. The first-order valence-corrected chi connectivity index (χ1v) is 17.5. The van der Waals surface area contributed by atoms with Crippen LogP contribution in [-0.4, -0.2) is 113 Å². The minimum Gasteiger partial charge on any atom is -0.498 e. The third kappa shape index (κ3) is 6.21. The summed E-state index contributed by atoms with van der Waals surface area (Å²) in [4.78, 5) is 48.8. The van der Waals surface area contributed by atoms with Crippen LogP contribution < -0.4 is 10.4 Å². The van der Waals surface area contributed by atoms with Gasteiger partial charge in [-0.25, -0.2) is 9.69 Å². The Kier molecular flexibility index (Phi) is 9.71. The summed E-state index contributed by atoms with van der Waals surface area (Å²) in [5, 5.41) is 16.6. The SMILES string of the molecule is CN1CCC(N2CCN(C3(CC=O)CC(N4Cc5ccccc5NC4=O)CC[N@+]3(Cc3ccc(Br)c(Br)c3)C(=O)[O-])CC2)CC1. The number of fused-ring (bicyclic) bond motifs is 1. The second-order valence-corrected chi connectivity index (χ2v) is 14.8. The summed E-state index contributed by atoms with van der Waals surface area (Å²) in [5.41, 5.74) is 1.59. The molecule has 10 nitrogen and oxygen atoms in total. The average molecular weight is 747 g/mol. The second-order valence-electron chi connectivity index (χ2n) is 13.1. The number of likely N-dealkylation sites (tertiary alicyclic amines) is 2. The fourth-order valence-corrected chi connectivity index (χ4v) is 8.97. The van der Waals surface area contributed by atoms with E-state index in [9.17, 15) is 19.5 Å². The van der Waals surface area contributed by atoms with Crippen molar-refractivity contribution in [2.75, 3.05) is 58.2 Å². The standard InChI is InChI=1S/C33H42Br2N6O4/c1-37-12-8-26(9-13-37)38-14-16-39(17-15-38)33(11-19-42)21-27(40-22-25-4-2-3-5-30(25)36-31(40)43)10-18-41(33,32(44)45)23-24-6-7-28(34)29(35)20-24/h2-7,19-20,26-27H,8-18,21-23H2,1H3,(H-,36,43,44,45)/t27?,33?,41-/m0/s1. The molecule has 0 bridgehead atoms. The van der Waals surface area contributed by atoms with Gasteiger partial charge in [0.1, 0.15) is 12.8 Å². The molecular weight excluding hydrogens is 704 g/mol. The van der Waals surface area contributed by atoms with E-state index in [0.29, 0.717) is 38.5 Å². The van der Waals surface area contributed by atoms with E-state index in [4.69, 9.17) is 0 Å². The molecule has 4 heterocycles. The van der Waals surface area contributed by atoms with Gasteiger partial charge < -0.3 is 29.8 Å².